The van der Waals surface area contributed by atoms with Crippen LogP contribution < -0.4 is 5.32 Å². The van der Waals surface area contributed by atoms with Gasteiger partial charge in [-0.15, -0.1) is 0 Å². The van der Waals surface area contributed by atoms with Gasteiger partial charge in [0.15, 0.2) is 0 Å². The number of rotatable bonds is 6. The van der Waals surface area contributed by atoms with Crippen molar-refractivity contribution in [2.75, 3.05) is 39.9 Å². The van der Waals surface area contributed by atoms with E-state index in [-0.39, 0.29) is 29.9 Å². The summed E-state index contributed by atoms with van der Waals surface area (Å²) in [5.74, 6) is 0.00864. The Hall–Kier alpha value is -1.14. The quantitative estimate of drug-likeness (QED) is 0.774. The van der Waals surface area contributed by atoms with Crippen LogP contribution in [0.3, 0.4) is 0 Å². The van der Waals surface area contributed by atoms with Gasteiger partial charge in [-0.05, 0) is 34.2 Å². The first-order valence-electron chi connectivity index (χ1n) is 7.64. The van der Waals surface area contributed by atoms with E-state index in [1.54, 1.807) is 9.80 Å². The summed E-state index contributed by atoms with van der Waals surface area (Å²) in [7, 11) is 1.81. The van der Waals surface area contributed by atoms with Gasteiger partial charge >= 0.3 is 0 Å². The van der Waals surface area contributed by atoms with Crippen LogP contribution in [0.25, 0.3) is 0 Å². The van der Waals surface area contributed by atoms with Crippen LogP contribution in [0.1, 0.15) is 34.1 Å². The summed E-state index contributed by atoms with van der Waals surface area (Å²) in [4.78, 5) is 28.0. The Labute approximate surface area is 127 Å². The zero-order chi connectivity index (χ0) is 16.0. The summed E-state index contributed by atoms with van der Waals surface area (Å²) in [5, 5.41) is 3.01. The van der Waals surface area contributed by atoms with E-state index in [2.05, 4.69) is 5.32 Å². The number of carbonyl (C=O) groups excluding carboxylic acids is 2. The normalized spacial score (nSPS) is 17.7. The molecule has 1 heterocycles. The SMILES string of the molecule is CCC(C)(C)NC(=O)C(C)N(C)CC(=O)N1CCOCC1. The first-order valence-corrected chi connectivity index (χ1v) is 7.64. The third-order valence-electron chi connectivity index (χ3n) is 4.13. The number of hydrogen-bond acceptors (Lipinski definition) is 4. The number of likely N-dealkylation sites (N-methyl/N-ethyl adjacent to an activating group) is 1. The summed E-state index contributed by atoms with van der Waals surface area (Å²) in [6.07, 6.45) is 0.863. The molecule has 0 bridgehead atoms. The predicted molar refractivity (Wildman–Crippen MR) is 82.0 cm³/mol. The fourth-order valence-electron chi connectivity index (χ4n) is 1.99. The molecule has 1 saturated heterocycles. The van der Waals surface area contributed by atoms with E-state index in [1.165, 1.54) is 0 Å². The number of amides is 2. The van der Waals surface area contributed by atoms with E-state index in [1.807, 2.05) is 34.7 Å². The lowest BCUT2D eigenvalue weighted by Gasteiger charge is -2.32. The Morgan fingerprint density at radius 3 is 2.43 bits per heavy atom. The summed E-state index contributed by atoms with van der Waals surface area (Å²) in [6, 6.07) is -0.333. The van der Waals surface area contributed by atoms with E-state index in [0.717, 1.165) is 6.42 Å². The lowest BCUT2D eigenvalue weighted by atomic mass is 10.0. The third kappa shape index (κ3) is 5.63. The van der Waals surface area contributed by atoms with E-state index < -0.39 is 0 Å². The Morgan fingerprint density at radius 2 is 1.90 bits per heavy atom. The standard InChI is InChI=1S/C15H29N3O3/c1-6-15(3,4)16-14(20)12(2)17(5)11-13(19)18-7-9-21-10-8-18/h12H,6-11H2,1-5H3,(H,16,20). The average molecular weight is 299 g/mol. The third-order valence-corrected chi connectivity index (χ3v) is 4.13. The van der Waals surface area contributed by atoms with Crippen LogP contribution in [0.5, 0.6) is 0 Å². The van der Waals surface area contributed by atoms with Gasteiger partial charge in [-0.3, -0.25) is 14.5 Å². The lowest BCUT2D eigenvalue weighted by molar-refractivity contribution is -0.137. The molecule has 1 atom stereocenters. The van der Waals surface area contributed by atoms with Crippen molar-refractivity contribution in [2.24, 2.45) is 0 Å². The van der Waals surface area contributed by atoms with Crippen LogP contribution in [0, 0.1) is 0 Å². The maximum Gasteiger partial charge on any atom is 0.237 e. The van der Waals surface area contributed by atoms with Crippen LogP contribution in [0.4, 0.5) is 0 Å². The number of nitrogens with zero attached hydrogens (tertiary/aromatic N) is 2. The van der Waals surface area contributed by atoms with Gasteiger partial charge in [0.2, 0.25) is 11.8 Å². The summed E-state index contributed by atoms with van der Waals surface area (Å²) in [5.41, 5.74) is -0.222. The highest BCUT2D eigenvalue weighted by molar-refractivity contribution is 5.83. The van der Waals surface area contributed by atoms with Crippen molar-refractivity contribution in [2.45, 2.75) is 45.7 Å². The second-order valence-corrected chi connectivity index (χ2v) is 6.31. The molecule has 0 aromatic rings. The minimum absolute atomic E-state index is 0.0425. The molecule has 1 aliphatic heterocycles. The van der Waals surface area contributed by atoms with Gasteiger partial charge < -0.3 is 15.0 Å². The zero-order valence-electron chi connectivity index (χ0n) is 13.9. The van der Waals surface area contributed by atoms with Gasteiger partial charge in [0.25, 0.3) is 0 Å². The van der Waals surface area contributed by atoms with Crippen LogP contribution >= 0.6 is 0 Å². The van der Waals surface area contributed by atoms with E-state index >= 15 is 0 Å². The predicted octanol–water partition coefficient (Wildman–Crippen LogP) is 0.470. The van der Waals surface area contributed by atoms with Crippen molar-refractivity contribution < 1.29 is 14.3 Å². The minimum atomic E-state index is -0.333. The van der Waals surface area contributed by atoms with Gasteiger partial charge in [0.1, 0.15) is 0 Å². The maximum absolute atomic E-state index is 12.2. The zero-order valence-corrected chi connectivity index (χ0v) is 13.9. The Kier molecular flexibility index (Phi) is 6.61. The molecular formula is C15H29N3O3. The molecule has 2 amide bonds. The number of hydrogen-bond donors (Lipinski definition) is 1. The molecule has 0 aromatic carbocycles. The number of morpholine rings is 1. The highest BCUT2D eigenvalue weighted by Crippen LogP contribution is 2.09. The molecule has 1 unspecified atom stereocenters. The van der Waals surface area contributed by atoms with E-state index in [9.17, 15) is 9.59 Å². The van der Waals surface area contributed by atoms with Crippen molar-refractivity contribution in [3.05, 3.63) is 0 Å². The fourth-order valence-corrected chi connectivity index (χ4v) is 1.99. The second kappa shape index (κ2) is 7.75. The maximum atomic E-state index is 12.2. The molecule has 21 heavy (non-hydrogen) atoms. The highest BCUT2D eigenvalue weighted by Gasteiger charge is 2.26. The van der Waals surface area contributed by atoms with Crippen LogP contribution in [-0.2, 0) is 14.3 Å². The topological polar surface area (TPSA) is 61.9 Å². The molecule has 6 nitrogen and oxygen atoms in total. The van der Waals surface area contributed by atoms with E-state index in [4.69, 9.17) is 4.74 Å². The molecule has 0 radical (unpaired) electrons. The second-order valence-electron chi connectivity index (χ2n) is 6.31. The average Bonchev–Trinajstić information content (AvgIpc) is 2.46. The number of carbonyl (C=O) groups is 2. The van der Waals surface area contributed by atoms with Crippen LogP contribution in [0.15, 0.2) is 0 Å². The fraction of sp³-hybridized carbons (Fsp3) is 0.867. The summed E-state index contributed by atoms with van der Waals surface area (Å²) in [6.45, 7) is 10.6. The van der Waals surface area contributed by atoms with Crippen molar-refractivity contribution in [3.8, 4) is 0 Å². The van der Waals surface area contributed by atoms with Gasteiger partial charge in [-0.1, -0.05) is 6.92 Å². The molecule has 0 spiro atoms. The molecule has 1 N–H and O–H groups in total. The Balaban J connectivity index is 2.47. The Morgan fingerprint density at radius 1 is 1.33 bits per heavy atom. The van der Waals surface area contributed by atoms with Crippen molar-refractivity contribution in [3.63, 3.8) is 0 Å². The molecule has 0 aromatic heterocycles. The lowest BCUT2D eigenvalue weighted by Crippen LogP contribution is -2.53. The Bertz CT molecular complexity index is 365. The summed E-state index contributed by atoms with van der Waals surface area (Å²) >= 11 is 0. The number of ether oxygens (including phenoxy) is 1. The number of nitrogens with one attached hydrogen (secondary N) is 1. The van der Waals surface area contributed by atoms with Crippen molar-refractivity contribution in [1.29, 1.82) is 0 Å². The van der Waals surface area contributed by atoms with Gasteiger partial charge in [-0.2, -0.15) is 0 Å². The first-order chi connectivity index (χ1) is 9.76. The van der Waals surface area contributed by atoms with Crippen LogP contribution in [0.2, 0.25) is 0 Å². The monoisotopic (exact) mass is 299 g/mol. The largest absolute Gasteiger partial charge is 0.378 e. The summed E-state index contributed by atoms with van der Waals surface area (Å²) < 4.78 is 5.24. The molecule has 1 rings (SSSR count). The van der Waals surface area contributed by atoms with Crippen molar-refractivity contribution in [1.82, 2.24) is 15.1 Å². The smallest absolute Gasteiger partial charge is 0.237 e. The van der Waals surface area contributed by atoms with Crippen LogP contribution in [-0.4, -0.2) is 73.1 Å². The molecule has 0 saturated carbocycles. The van der Waals surface area contributed by atoms with Crippen molar-refractivity contribution >= 4 is 11.8 Å². The van der Waals surface area contributed by atoms with Gasteiger partial charge in [0, 0.05) is 18.6 Å². The van der Waals surface area contributed by atoms with E-state index in [0.29, 0.717) is 26.3 Å². The highest BCUT2D eigenvalue weighted by atomic mass is 16.5. The first kappa shape index (κ1) is 17.9. The van der Waals surface area contributed by atoms with Gasteiger partial charge in [0.05, 0.1) is 25.8 Å². The minimum Gasteiger partial charge on any atom is -0.378 e. The molecule has 0 aliphatic carbocycles. The molecule has 122 valence electrons. The molecule has 1 aliphatic rings. The molecule has 6 heteroatoms. The van der Waals surface area contributed by atoms with Gasteiger partial charge in [-0.25, -0.2) is 0 Å². The molecule has 1 fully saturated rings. The molecular weight excluding hydrogens is 270 g/mol.